The van der Waals surface area contributed by atoms with Crippen molar-refractivity contribution in [3.63, 3.8) is 0 Å². The van der Waals surface area contributed by atoms with Crippen LogP contribution in [0.5, 0.6) is 0 Å². The highest BCUT2D eigenvalue weighted by Crippen LogP contribution is 2.38. The van der Waals surface area contributed by atoms with Gasteiger partial charge in [-0.2, -0.15) is 0 Å². The fourth-order valence-corrected chi connectivity index (χ4v) is 5.46. The van der Waals surface area contributed by atoms with Crippen LogP contribution in [0.15, 0.2) is 16.5 Å². The van der Waals surface area contributed by atoms with Crippen molar-refractivity contribution in [2.24, 2.45) is 0 Å². The van der Waals surface area contributed by atoms with Gasteiger partial charge in [0.25, 0.3) is 5.91 Å². The summed E-state index contributed by atoms with van der Waals surface area (Å²) >= 11 is 0. The van der Waals surface area contributed by atoms with Crippen LogP contribution in [-0.2, 0) is 10.2 Å². The van der Waals surface area contributed by atoms with E-state index >= 15 is 0 Å². The number of ether oxygens (including phenoxy) is 1. The van der Waals surface area contributed by atoms with Crippen LogP contribution in [0.1, 0.15) is 115 Å². The van der Waals surface area contributed by atoms with E-state index in [1.807, 2.05) is 45.6 Å². The minimum atomic E-state index is -0.571. The predicted octanol–water partition coefficient (Wildman–Crippen LogP) is 6.64. The Balaban J connectivity index is 1.62. The number of furan rings is 1. The molecule has 2 aliphatic rings. The van der Waals surface area contributed by atoms with Gasteiger partial charge in [-0.25, -0.2) is 9.78 Å². The molecule has 7 nitrogen and oxygen atoms in total. The molecule has 0 unspecified atom stereocenters. The Morgan fingerprint density at radius 1 is 1.03 bits per heavy atom. The molecule has 0 bridgehead atoms. The van der Waals surface area contributed by atoms with Gasteiger partial charge in [-0.3, -0.25) is 4.79 Å². The van der Waals surface area contributed by atoms with Crippen molar-refractivity contribution >= 4 is 23.1 Å². The van der Waals surface area contributed by atoms with Crippen molar-refractivity contribution in [2.75, 3.05) is 19.6 Å². The molecule has 0 spiro atoms. The Labute approximate surface area is 215 Å². The molecule has 2 aromatic rings. The molecule has 1 saturated carbocycles. The number of fused-ring (bicyclic) bond motifs is 1. The lowest BCUT2D eigenvalue weighted by molar-refractivity contribution is -0.0117. The summed E-state index contributed by atoms with van der Waals surface area (Å²) in [4.78, 5) is 34.8. The number of nitrogens with zero attached hydrogens (tertiary/aromatic N) is 3. The first-order valence-electron chi connectivity index (χ1n) is 13.4. The Hall–Kier alpha value is -2.57. The molecular formula is C29H43N3O4. The van der Waals surface area contributed by atoms with Crippen LogP contribution in [0, 0.1) is 0 Å². The molecule has 1 saturated heterocycles. The summed E-state index contributed by atoms with van der Waals surface area (Å²) in [7, 11) is 0. The van der Waals surface area contributed by atoms with Crippen molar-refractivity contribution in [1.82, 2.24) is 14.8 Å². The third-order valence-electron chi connectivity index (χ3n) is 7.34. The lowest BCUT2D eigenvalue weighted by Gasteiger charge is -2.46. The zero-order valence-corrected chi connectivity index (χ0v) is 23.4. The molecule has 36 heavy (non-hydrogen) atoms. The first-order valence-corrected chi connectivity index (χ1v) is 13.4. The third-order valence-corrected chi connectivity index (χ3v) is 7.34. The highest BCUT2D eigenvalue weighted by Gasteiger charge is 2.41. The number of carbonyl (C=O) groups excluding carboxylic acids is 2. The summed E-state index contributed by atoms with van der Waals surface area (Å²) in [6, 6.07) is 4.02. The van der Waals surface area contributed by atoms with Gasteiger partial charge in [-0.15, -0.1) is 0 Å². The van der Waals surface area contributed by atoms with Gasteiger partial charge >= 0.3 is 6.09 Å². The molecule has 2 amide bonds. The molecular weight excluding hydrogens is 454 g/mol. The maximum atomic E-state index is 13.7. The molecule has 0 radical (unpaired) electrons. The van der Waals surface area contributed by atoms with Crippen LogP contribution in [0.4, 0.5) is 4.79 Å². The van der Waals surface area contributed by atoms with Crippen molar-refractivity contribution in [3.05, 3.63) is 29.2 Å². The lowest BCUT2D eigenvalue weighted by atomic mass is 9.82. The maximum Gasteiger partial charge on any atom is 0.410 e. The van der Waals surface area contributed by atoms with Crippen LogP contribution >= 0.6 is 0 Å². The molecule has 198 valence electrons. The Kier molecular flexibility index (Phi) is 6.91. The highest BCUT2D eigenvalue weighted by molar-refractivity contribution is 5.96. The SMILES string of the molecule is CC(C)(C)OC(=O)N1CCN(C(=O)c2cc3nc(C4CCCCC4)cc(C(C)(C)C)c3o2)C(C)(C)C1. The van der Waals surface area contributed by atoms with Crippen LogP contribution in [0.2, 0.25) is 0 Å². The monoisotopic (exact) mass is 497 g/mol. The smallest absolute Gasteiger partial charge is 0.410 e. The summed E-state index contributed by atoms with van der Waals surface area (Å²) < 4.78 is 11.8. The Morgan fingerprint density at radius 2 is 1.69 bits per heavy atom. The third kappa shape index (κ3) is 5.55. The zero-order chi connectivity index (χ0) is 26.5. The van der Waals surface area contributed by atoms with E-state index in [2.05, 4.69) is 26.8 Å². The summed E-state index contributed by atoms with van der Waals surface area (Å²) in [6.45, 7) is 17.3. The van der Waals surface area contributed by atoms with Crippen molar-refractivity contribution in [3.8, 4) is 0 Å². The van der Waals surface area contributed by atoms with E-state index in [-0.39, 0.29) is 17.4 Å². The molecule has 2 aromatic heterocycles. The predicted molar refractivity (Wildman–Crippen MR) is 141 cm³/mol. The number of hydrogen-bond acceptors (Lipinski definition) is 5. The van der Waals surface area contributed by atoms with Gasteiger partial charge in [0.1, 0.15) is 11.1 Å². The minimum Gasteiger partial charge on any atom is -0.449 e. The van der Waals surface area contributed by atoms with Crippen LogP contribution in [0.3, 0.4) is 0 Å². The standard InChI is InChI=1S/C29H43N3O4/c1-27(2,3)20-16-21(19-12-10-9-11-13-19)30-22-17-23(35-24(20)22)25(33)32-15-14-31(18-29(32,7)8)26(34)36-28(4,5)6/h16-17,19H,9-15,18H2,1-8H3. The number of aromatic nitrogens is 1. The van der Waals surface area contributed by atoms with Crippen molar-refractivity contribution in [1.29, 1.82) is 0 Å². The zero-order valence-electron chi connectivity index (χ0n) is 23.4. The number of carbonyl (C=O) groups is 2. The molecule has 7 heteroatoms. The van der Waals surface area contributed by atoms with Gasteiger partial charge in [0, 0.05) is 42.9 Å². The first kappa shape index (κ1) is 26.5. The van der Waals surface area contributed by atoms with E-state index in [9.17, 15) is 9.59 Å². The molecule has 0 atom stereocenters. The molecule has 1 aliphatic carbocycles. The molecule has 0 N–H and O–H groups in total. The average Bonchev–Trinajstić information content (AvgIpc) is 3.20. The van der Waals surface area contributed by atoms with Gasteiger partial charge in [-0.05, 0) is 58.9 Å². The Bertz CT molecular complexity index is 1130. The van der Waals surface area contributed by atoms with E-state index in [4.69, 9.17) is 14.1 Å². The van der Waals surface area contributed by atoms with Gasteiger partial charge in [0.05, 0.1) is 5.54 Å². The molecule has 2 fully saturated rings. The van der Waals surface area contributed by atoms with Gasteiger partial charge < -0.3 is 19.0 Å². The van der Waals surface area contributed by atoms with Crippen molar-refractivity contribution in [2.45, 2.75) is 110 Å². The summed E-state index contributed by atoms with van der Waals surface area (Å²) in [6.07, 6.45) is 5.78. The number of piperazine rings is 1. The summed E-state index contributed by atoms with van der Waals surface area (Å²) in [5.41, 5.74) is 2.42. The van der Waals surface area contributed by atoms with E-state index in [1.165, 1.54) is 32.1 Å². The summed E-state index contributed by atoms with van der Waals surface area (Å²) in [5, 5.41) is 0. The highest BCUT2D eigenvalue weighted by atomic mass is 16.6. The fourth-order valence-electron chi connectivity index (χ4n) is 5.46. The molecule has 3 heterocycles. The van der Waals surface area contributed by atoms with E-state index in [0.29, 0.717) is 36.9 Å². The second kappa shape index (κ2) is 9.38. The van der Waals surface area contributed by atoms with E-state index in [1.54, 1.807) is 4.90 Å². The Morgan fingerprint density at radius 3 is 2.28 bits per heavy atom. The molecule has 4 rings (SSSR count). The first-order chi connectivity index (χ1) is 16.7. The minimum absolute atomic E-state index is 0.138. The average molecular weight is 498 g/mol. The number of amides is 2. The van der Waals surface area contributed by atoms with Crippen molar-refractivity contribution < 1.29 is 18.7 Å². The van der Waals surface area contributed by atoms with Gasteiger partial charge in [-0.1, -0.05) is 40.0 Å². The van der Waals surface area contributed by atoms with E-state index in [0.717, 1.165) is 16.8 Å². The summed E-state index contributed by atoms with van der Waals surface area (Å²) in [5.74, 6) is 0.613. The van der Waals surface area contributed by atoms with Gasteiger partial charge in [0.2, 0.25) is 0 Å². The number of hydrogen-bond donors (Lipinski definition) is 0. The van der Waals surface area contributed by atoms with Crippen LogP contribution < -0.4 is 0 Å². The van der Waals surface area contributed by atoms with Gasteiger partial charge in [0.15, 0.2) is 11.3 Å². The van der Waals surface area contributed by atoms with Crippen LogP contribution in [0.25, 0.3) is 11.1 Å². The van der Waals surface area contributed by atoms with Crippen LogP contribution in [-0.4, -0.2) is 57.6 Å². The fraction of sp³-hybridized carbons (Fsp3) is 0.690. The second-order valence-electron chi connectivity index (χ2n) is 13.2. The molecule has 0 aromatic carbocycles. The second-order valence-corrected chi connectivity index (χ2v) is 13.2. The maximum absolute atomic E-state index is 13.7. The topological polar surface area (TPSA) is 75.9 Å². The number of rotatable bonds is 2. The van der Waals surface area contributed by atoms with E-state index < -0.39 is 11.1 Å². The number of pyridine rings is 1. The lowest BCUT2D eigenvalue weighted by Crippen LogP contribution is -2.62. The largest absolute Gasteiger partial charge is 0.449 e. The quantitative estimate of drug-likeness (QED) is 0.465. The normalized spacial score (nSPS) is 19.6. The molecule has 1 aliphatic heterocycles.